The topological polar surface area (TPSA) is 110 Å². The highest BCUT2D eigenvalue weighted by atomic mass is 19.1. The van der Waals surface area contributed by atoms with Crippen LogP contribution in [0.1, 0.15) is 18.3 Å². The summed E-state index contributed by atoms with van der Waals surface area (Å²) in [7, 11) is 0. The third-order valence-corrected chi connectivity index (χ3v) is 7.46. The number of aryl methyl sites for hydroxylation is 1. The molecule has 6 rings (SSSR count). The first kappa shape index (κ1) is 27.2. The number of allylic oxidation sites excluding steroid dienone is 1. The number of anilines is 3. The van der Waals surface area contributed by atoms with Gasteiger partial charge < -0.3 is 24.7 Å². The molecule has 0 unspecified atom stereocenters. The molecule has 11 nitrogen and oxygen atoms in total. The van der Waals surface area contributed by atoms with Gasteiger partial charge in [0.05, 0.1) is 18.9 Å². The van der Waals surface area contributed by atoms with Crippen LogP contribution in [0.25, 0.3) is 17.0 Å². The van der Waals surface area contributed by atoms with Crippen molar-refractivity contribution in [1.29, 1.82) is 0 Å². The molecule has 0 spiro atoms. The van der Waals surface area contributed by atoms with Crippen molar-refractivity contribution in [3.05, 3.63) is 53.6 Å². The minimum atomic E-state index is -0.451. The van der Waals surface area contributed by atoms with Crippen molar-refractivity contribution in [2.45, 2.75) is 13.8 Å². The number of hydrogen-bond donors (Lipinski definition) is 3. The van der Waals surface area contributed by atoms with Crippen LogP contribution in [0.4, 0.5) is 21.8 Å². The zero-order valence-corrected chi connectivity index (χ0v) is 23.5. The maximum atomic E-state index is 15.3. The van der Waals surface area contributed by atoms with Crippen molar-refractivity contribution in [3.8, 4) is 11.8 Å². The van der Waals surface area contributed by atoms with Crippen LogP contribution in [0.15, 0.2) is 36.4 Å². The Morgan fingerprint density at radius 3 is 2.56 bits per heavy atom. The Balaban J connectivity index is 1.20. The lowest BCUT2D eigenvalue weighted by molar-refractivity contribution is 0.0331. The van der Waals surface area contributed by atoms with Crippen molar-refractivity contribution >= 4 is 34.4 Å². The van der Waals surface area contributed by atoms with Crippen LogP contribution < -0.4 is 15.0 Å². The summed E-state index contributed by atoms with van der Waals surface area (Å²) in [6.07, 6.45) is 3.86. The molecule has 2 saturated heterocycles. The lowest BCUT2D eigenvalue weighted by atomic mass is 10.2. The van der Waals surface area contributed by atoms with E-state index in [9.17, 15) is 0 Å². The van der Waals surface area contributed by atoms with Gasteiger partial charge in [0.25, 0.3) is 0 Å². The summed E-state index contributed by atoms with van der Waals surface area (Å²) < 4.78 is 26.8. The average Bonchev–Trinajstić information content (AvgIpc) is 3.60. The summed E-state index contributed by atoms with van der Waals surface area (Å²) >= 11 is 0. The van der Waals surface area contributed by atoms with E-state index in [0.29, 0.717) is 28.4 Å². The predicted octanol–water partition coefficient (Wildman–Crippen LogP) is 4.15. The molecule has 12 heteroatoms. The van der Waals surface area contributed by atoms with Crippen molar-refractivity contribution in [2.75, 3.05) is 75.8 Å². The van der Waals surface area contributed by atoms with E-state index in [1.165, 1.54) is 0 Å². The highest BCUT2D eigenvalue weighted by Gasteiger charge is 2.22. The second-order valence-electron chi connectivity index (χ2n) is 10.4. The molecule has 3 N–H and O–H groups in total. The fourth-order valence-corrected chi connectivity index (χ4v) is 5.25. The number of aromatic nitrogens is 5. The van der Waals surface area contributed by atoms with E-state index < -0.39 is 5.82 Å². The maximum absolute atomic E-state index is 15.3. The Hall–Kier alpha value is -4.00. The summed E-state index contributed by atoms with van der Waals surface area (Å²) in [6, 6.07) is 9.00. The molecule has 0 radical (unpaired) electrons. The van der Waals surface area contributed by atoms with Gasteiger partial charge in [-0.3, -0.25) is 14.9 Å². The van der Waals surface area contributed by atoms with Gasteiger partial charge in [0.15, 0.2) is 17.4 Å². The number of piperazine rings is 1. The van der Waals surface area contributed by atoms with Gasteiger partial charge in [0.2, 0.25) is 0 Å². The first-order valence-electron chi connectivity index (χ1n) is 14.1. The van der Waals surface area contributed by atoms with Crippen molar-refractivity contribution in [2.24, 2.45) is 0 Å². The zero-order valence-electron chi connectivity index (χ0n) is 23.5. The van der Waals surface area contributed by atoms with Gasteiger partial charge in [-0.2, -0.15) is 15.1 Å². The van der Waals surface area contributed by atoms with Crippen LogP contribution in [0.2, 0.25) is 0 Å². The maximum Gasteiger partial charge on any atom is 0.326 e. The highest BCUT2D eigenvalue weighted by molar-refractivity contribution is 5.82. The number of benzene rings is 1. The van der Waals surface area contributed by atoms with Crippen LogP contribution in [-0.2, 0) is 4.74 Å². The first-order valence-corrected chi connectivity index (χ1v) is 14.1. The molecule has 2 aliphatic rings. The van der Waals surface area contributed by atoms with E-state index in [1.54, 1.807) is 18.2 Å². The summed E-state index contributed by atoms with van der Waals surface area (Å²) in [5.41, 5.74) is 2.46. The standard InChI is InChI=1S/C29H36FN9O2/c1-3-4-21-18-26(36-35-21)32-25-19-27(39-11-9-37(10-12-39)7-8-38-13-15-40-16-14-38)34-29(33-25)41-24-6-5-23-22(28(24)30)17-20(2)31-23/h3-6,17-19,31H,7-16H2,1-2H3,(H2,32,33,34,35,36)/b4-3+. The molecular formula is C29H36FN9O2. The molecular weight excluding hydrogens is 525 g/mol. The van der Waals surface area contributed by atoms with Crippen LogP contribution in [0.3, 0.4) is 0 Å². The summed E-state index contributed by atoms with van der Waals surface area (Å²) in [6.45, 7) is 13.1. The van der Waals surface area contributed by atoms with E-state index in [1.807, 2.05) is 38.1 Å². The van der Waals surface area contributed by atoms with Crippen LogP contribution in [0.5, 0.6) is 11.8 Å². The molecule has 0 aliphatic carbocycles. The van der Waals surface area contributed by atoms with E-state index in [-0.39, 0.29) is 11.8 Å². The normalized spacial score (nSPS) is 17.1. The lowest BCUT2D eigenvalue weighted by Crippen LogP contribution is -2.49. The largest absolute Gasteiger partial charge is 0.421 e. The van der Waals surface area contributed by atoms with E-state index in [0.717, 1.165) is 77.0 Å². The number of fused-ring (bicyclic) bond motifs is 1. The molecule has 0 bridgehead atoms. The summed E-state index contributed by atoms with van der Waals surface area (Å²) in [5, 5.41) is 11.0. The van der Waals surface area contributed by atoms with Gasteiger partial charge in [-0.05, 0) is 38.1 Å². The van der Waals surface area contributed by atoms with Gasteiger partial charge in [0.1, 0.15) is 11.6 Å². The van der Waals surface area contributed by atoms with Gasteiger partial charge in [-0.1, -0.05) is 6.08 Å². The number of rotatable bonds is 9. The van der Waals surface area contributed by atoms with Gasteiger partial charge in [-0.25, -0.2) is 4.39 Å². The Morgan fingerprint density at radius 1 is 1.00 bits per heavy atom. The van der Waals surface area contributed by atoms with Crippen molar-refractivity contribution in [3.63, 3.8) is 0 Å². The third-order valence-electron chi connectivity index (χ3n) is 7.46. The molecule has 1 aromatic carbocycles. The zero-order chi connectivity index (χ0) is 28.2. The Kier molecular flexibility index (Phi) is 8.12. The van der Waals surface area contributed by atoms with Crippen molar-refractivity contribution < 1.29 is 13.9 Å². The molecule has 4 aromatic rings. The number of nitrogens with one attached hydrogen (secondary N) is 3. The number of aromatic amines is 2. The molecule has 3 aromatic heterocycles. The second-order valence-corrected chi connectivity index (χ2v) is 10.4. The van der Waals surface area contributed by atoms with Crippen molar-refractivity contribution in [1.82, 2.24) is 34.9 Å². The number of hydrogen-bond acceptors (Lipinski definition) is 9. The third kappa shape index (κ3) is 6.50. The monoisotopic (exact) mass is 561 g/mol. The molecule has 0 saturated carbocycles. The Labute approximate surface area is 238 Å². The molecule has 5 heterocycles. The number of halogens is 1. The predicted molar refractivity (Wildman–Crippen MR) is 158 cm³/mol. The summed E-state index contributed by atoms with van der Waals surface area (Å²) in [5.74, 6) is 1.46. The van der Waals surface area contributed by atoms with E-state index in [2.05, 4.69) is 40.2 Å². The molecule has 0 amide bonds. The molecule has 2 aliphatic heterocycles. The Bertz CT molecular complexity index is 1500. The van der Waals surface area contributed by atoms with E-state index >= 15 is 4.39 Å². The fraction of sp³-hybridized carbons (Fsp3) is 0.414. The van der Waals surface area contributed by atoms with Gasteiger partial charge in [0, 0.05) is 81.1 Å². The summed E-state index contributed by atoms with van der Waals surface area (Å²) in [4.78, 5) is 19.6. The SMILES string of the molecule is C/C=C/c1cc(Nc2cc(N3CCN(CCN4CCOCC4)CC3)nc(Oc3ccc4[nH]c(C)cc4c3F)n2)n[nH]1. The number of H-pyrrole nitrogens is 2. The van der Waals surface area contributed by atoms with Gasteiger partial charge >= 0.3 is 6.01 Å². The first-order chi connectivity index (χ1) is 20.0. The Morgan fingerprint density at radius 2 is 1.78 bits per heavy atom. The van der Waals surface area contributed by atoms with Crippen LogP contribution in [-0.4, -0.2) is 101 Å². The smallest absolute Gasteiger partial charge is 0.326 e. The van der Waals surface area contributed by atoms with Crippen LogP contribution >= 0.6 is 0 Å². The second kappa shape index (κ2) is 12.2. The fourth-order valence-electron chi connectivity index (χ4n) is 5.25. The lowest BCUT2D eigenvalue weighted by Gasteiger charge is -2.37. The number of ether oxygens (including phenoxy) is 2. The van der Waals surface area contributed by atoms with Crippen LogP contribution in [0, 0.1) is 12.7 Å². The molecule has 2 fully saturated rings. The van der Waals surface area contributed by atoms with Gasteiger partial charge in [-0.15, -0.1) is 0 Å². The van der Waals surface area contributed by atoms with E-state index in [4.69, 9.17) is 14.5 Å². The quantitative estimate of drug-likeness (QED) is 0.278. The average molecular weight is 562 g/mol. The highest BCUT2D eigenvalue weighted by Crippen LogP contribution is 2.31. The number of nitrogens with zero attached hydrogens (tertiary/aromatic N) is 6. The molecule has 216 valence electrons. The minimum absolute atomic E-state index is 0.0643. The number of morpholine rings is 1. The molecule has 41 heavy (non-hydrogen) atoms. The molecule has 0 atom stereocenters. The minimum Gasteiger partial charge on any atom is -0.421 e.